The van der Waals surface area contributed by atoms with E-state index < -0.39 is 46.1 Å². The number of aliphatic hydroxyl groups is 3. The first-order valence-corrected chi connectivity index (χ1v) is 10.6. The van der Waals surface area contributed by atoms with Crippen LogP contribution < -0.4 is 0 Å². The van der Waals surface area contributed by atoms with Crippen LogP contribution in [-0.2, 0) is 19.1 Å². The Kier molecular flexibility index (Phi) is 3.86. The third kappa shape index (κ3) is 1.98. The first kappa shape index (κ1) is 19.7. The van der Waals surface area contributed by atoms with Gasteiger partial charge in [0.05, 0.1) is 24.7 Å². The zero-order valence-corrected chi connectivity index (χ0v) is 17.0. The van der Waals surface area contributed by atoms with E-state index in [4.69, 9.17) is 9.47 Å². The van der Waals surface area contributed by atoms with Crippen molar-refractivity contribution in [3.8, 4) is 0 Å². The summed E-state index contributed by atoms with van der Waals surface area (Å²) in [6.07, 6.45) is 0.743. The van der Waals surface area contributed by atoms with E-state index in [1.54, 1.807) is 0 Å². The molecule has 4 bridgehead atoms. The van der Waals surface area contributed by atoms with E-state index in [-0.39, 0.29) is 30.8 Å². The molecule has 6 rings (SSSR count). The first-order chi connectivity index (χ1) is 13.5. The summed E-state index contributed by atoms with van der Waals surface area (Å²) < 4.78 is 11.3. The van der Waals surface area contributed by atoms with Crippen molar-refractivity contribution >= 4 is 11.8 Å². The van der Waals surface area contributed by atoms with Gasteiger partial charge in [0.2, 0.25) is 5.79 Å². The normalized spacial score (nSPS) is 55.4. The predicted molar refractivity (Wildman–Crippen MR) is 100 cm³/mol. The van der Waals surface area contributed by atoms with Gasteiger partial charge in [0.15, 0.2) is 5.78 Å². The molecule has 0 aromatic rings. The minimum atomic E-state index is -2.02. The van der Waals surface area contributed by atoms with Gasteiger partial charge in [-0.1, -0.05) is 13.5 Å². The molecular weight excluding hydrogens is 376 g/mol. The highest BCUT2D eigenvalue weighted by atomic mass is 16.6. The molecule has 2 aliphatic heterocycles. The molecule has 2 spiro atoms. The fourth-order valence-corrected chi connectivity index (χ4v) is 8.08. The molecular formula is C22H30O7. The minimum absolute atomic E-state index is 0.0130. The fourth-order valence-electron chi connectivity index (χ4n) is 8.08. The van der Waals surface area contributed by atoms with Gasteiger partial charge in [-0.3, -0.25) is 9.59 Å². The highest BCUT2D eigenvalue weighted by Crippen LogP contribution is 2.76. The van der Waals surface area contributed by atoms with E-state index in [0.29, 0.717) is 31.3 Å². The molecule has 3 N–H and O–H groups in total. The maximum atomic E-state index is 13.4. The molecule has 0 aromatic carbocycles. The van der Waals surface area contributed by atoms with Gasteiger partial charge >= 0.3 is 5.97 Å². The van der Waals surface area contributed by atoms with Crippen LogP contribution in [0.1, 0.15) is 46.0 Å². The zero-order chi connectivity index (χ0) is 21.0. The number of ketones is 1. The van der Waals surface area contributed by atoms with Crippen LogP contribution in [0.3, 0.4) is 0 Å². The number of esters is 1. The monoisotopic (exact) mass is 406 g/mol. The average Bonchev–Trinajstić information content (AvgIpc) is 2.87. The molecule has 0 amide bonds. The number of carbonyl (C=O) groups is 2. The van der Waals surface area contributed by atoms with Crippen molar-refractivity contribution in [1.29, 1.82) is 0 Å². The predicted octanol–water partition coefficient (Wildman–Crippen LogP) is 0.948. The molecule has 2 heterocycles. The average molecular weight is 406 g/mol. The highest BCUT2D eigenvalue weighted by molar-refractivity contribution is 6.04. The number of allylic oxidation sites excluding steroid dienone is 1. The molecule has 9 unspecified atom stereocenters. The number of carbonyl (C=O) groups excluding carboxylic acids is 2. The third-order valence-corrected chi connectivity index (χ3v) is 9.25. The van der Waals surface area contributed by atoms with Crippen LogP contribution in [-0.4, -0.2) is 58.3 Å². The number of ether oxygens (including phenoxy) is 2. The summed E-state index contributed by atoms with van der Waals surface area (Å²) in [5, 5.41) is 34.6. The molecule has 6 fully saturated rings. The Morgan fingerprint density at radius 3 is 2.72 bits per heavy atom. The van der Waals surface area contributed by atoms with Crippen molar-refractivity contribution in [1.82, 2.24) is 0 Å². The molecule has 29 heavy (non-hydrogen) atoms. The van der Waals surface area contributed by atoms with Crippen molar-refractivity contribution < 1.29 is 34.4 Å². The number of aliphatic hydroxyl groups excluding tert-OH is 2. The lowest BCUT2D eigenvalue weighted by atomic mass is 9.36. The number of hydrogen-bond acceptors (Lipinski definition) is 7. The zero-order valence-electron chi connectivity index (χ0n) is 17.0. The van der Waals surface area contributed by atoms with E-state index in [1.807, 2.05) is 6.92 Å². The van der Waals surface area contributed by atoms with Crippen molar-refractivity contribution in [2.75, 3.05) is 13.2 Å². The molecule has 0 radical (unpaired) electrons. The standard InChI is InChI=1S/C22H30O7/c1-11-13-4-5-14-20-10-29-22(27,21(14,8-13)17(11)25)18(26)16(20)19(3,7-6-15(20)24)9-28-12(2)23/h13-16,18,24,26-27H,1,4-10H2,2-3H3. The fraction of sp³-hybridized carbons (Fsp3) is 0.818. The van der Waals surface area contributed by atoms with Gasteiger partial charge in [-0.2, -0.15) is 0 Å². The van der Waals surface area contributed by atoms with Crippen LogP contribution >= 0.6 is 0 Å². The topological polar surface area (TPSA) is 113 Å². The lowest BCUT2D eigenvalue weighted by Gasteiger charge is -2.74. The Hall–Kier alpha value is -1.28. The molecule has 7 nitrogen and oxygen atoms in total. The van der Waals surface area contributed by atoms with Crippen LogP contribution in [0.15, 0.2) is 12.2 Å². The van der Waals surface area contributed by atoms with Crippen LogP contribution in [0, 0.1) is 34.0 Å². The van der Waals surface area contributed by atoms with Gasteiger partial charge in [-0.25, -0.2) is 0 Å². The first-order valence-electron chi connectivity index (χ1n) is 10.6. The Morgan fingerprint density at radius 1 is 1.31 bits per heavy atom. The van der Waals surface area contributed by atoms with Gasteiger partial charge in [0.1, 0.15) is 6.10 Å². The Labute approximate surface area is 170 Å². The summed E-state index contributed by atoms with van der Waals surface area (Å²) in [6.45, 7) is 7.44. The van der Waals surface area contributed by atoms with Gasteiger partial charge in [-0.05, 0) is 49.5 Å². The number of fused-ring (bicyclic) bond motifs is 2. The number of Topliss-reactive ketones (excluding diaryl/α,β-unsaturated/α-hetero) is 1. The van der Waals surface area contributed by atoms with E-state index in [9.17, 15) is 24.9 Å². The Bertz CT molecular complexity index is 809. The summed E-state index contributed by atoms with van der Waals surface area (Å²) in [7, 11) is 0. The summed E-state index contributed by atoms with van der Waals surface area (Å²) >= 11 is 0. The second-order valence-corrected chi connectivity index (χ2v) is 10.4. The molecule has 4 aliphatic carbocycles. The number of rotatable bonds is 2. The molecule has 9 atom stereocenters. The second-order valence-electron chi connectivity index (χ2n) is 10.4. The Balaban J connectivity index is 1.69. The van der Waals surface area contributed by atoms with Crippen LogP contribution in [0.2, 0.25) is 0 Å². The largest absolute Gasteiger partial charge is 0.465 e. The maximum Gasteiger partial charge on any atom is 0.302 e. The molecule has 2 saturated heterocycles. The summed E-state index contributed by atoms with van der Waals surface area (Å²) in [4.78, 5) is 24.9. The molecule has 6 aliphatic rings. The van der Waals surface area contributed by atoms with Crippen molar-refractivity contribution in [2.45, 2.75) is 63.9 Å². The second kappa shape index (κ2) is 5.69. The maximum absolute atomic E-state index is 13.4. The summed E-state index contributed by atoms with van der Waals surface area (Å²) in [6, 6.07) is 0. The summed E-state index contributed by atoms with van der Waals surface area (Å²) in [5.74, 6) is -3.52. The van der Waals surface area contributed by atoms with E-state index in [2.05, 4.69) is 6.58 Å². The molecule has 4 saturated carbocycles. The quantitative estimate of drug-likeness (QED) is 0.462. The third-order valence-electron chi connectivity index (χ3n) is 9.25. The lowest BCUT2D eigenvalue weighted by molar-refractivity contribution is -0.450. The summed E-state index contributed by atoms with van der Waals surface area (Å²) in [5.41, 5.74) is -2.27. The molecule has 160 valence electrons. The molecule has 0 aromatic heterocycles. The highest BCUT2D eigenvalue weighted by Gasteiger charge is 2.84. The van der Waals surface area contributed by atoms with Gasteiger partial charge in [0.25, 0.3) is 0 Å². The van der Waals surface area contributed by atoms with Crippen molar-refractivity contribution in [3.05, 3.63) is 12.2 Å². The van der Waals surface area contributed by atoms with Crippen LogP contribution in [0.25, 0.3) is 0 Å². The van der Waals surface area contributed by atoms with E-state index >= 15 is 0 Å². The lowest BCUT2D eigenvalue weighted by Crippen LogP contribution is -2.84. The Morgan fingerprint density at radius 2 is 2.03 bits per heavy atom. The van der Waals surface area contributed by atoms with Crippen molar-refractivity contribution in [3.63, 3.8) is 0 Å². The number of hydrogen-bond donors (Lipinski definition) is 3. The van der Waals surface area contributed by atoms with Gasteiger partial charge < -0.3 is 24.8 Å². The van der Waals surface area contributed by atoms with E-state index in [0.717, 1.165) is 6.42 Å². The molecule has 7 heteroatoms. The van der Waals surface area contributed by atoms with Gasteiger partial charge in [-0.15, -0.1) is 0 Å². The van der Waals surface area contributed by atoms with Crippen LogP contribution in [0.5, 0.6) is 0 Å². The van der Waals surface area contributed by atoms with Gasteiger partial charge in [0, 0.05) is 23.7 Å². The van der Waals surface area contributed by atoms with Crippen molar-refractivity contribution in [2.24, 2.45) is 34.0 Å². The van der Waals surface area contributed by atoms with Crippen LogP contribution in [0.4, 0.5) is 0 Å². The van der Waals surface area contributed by atoms with E-state index in [1.165, 1.54) is 6.92 Å². The minimum Gasteiger partial charge on any atom is -0.465 e. The SMILES string of the molecule is C=C1C(=O)C23CC1CCC2C12COC3(O)C(O)C1C(C)(COC(C)=O)CCC2O. The smallest absolute Gasteiger partial charge is 0.302 e.